The van der Waals surface area contributed by atoms with Crippen LogP contribution in [0.5, 0.6) is 0 Å². The highest BCUT2D eigenvalue weighted by Crippen LogP contribution is 2.30. The lowest BCUT2D eigenvalue weighted by molar-refractivity contribution is 0.102. The van der Waals surface area contributed by atoms with Crippen LogP contribution in [-0.4, -0.2) is 26.1 Å². The van der Waals surface area contributed by atoms with Crippen molar-refractivity contribution < 1.29 is 13.7 Å². The molecule has 0 saturated carbocycles. The number of aromatic nitrogens is 4. The van der Waals surface area contributed by atoms with Crippen LogP contribution in [0.15, 0.2) is 77.3 Å². The first-order valence-electron chi connectivity index (χ1n) is 10.1. The van der Waals surface area contributed by atoms with Crippen molar-refractivity contribution in [2.24, 2.45) is 0 Å². The minimum absolute atomic E-state index is 0.0903. The normalized spacial score (nSPS) is 11.1. The lowest BCUT2D eigenvalue weighted by Gasteiger charge is -2.08. The molecule has 32 heavy (non-hydrogen) atoms. The van der Waals surface area contributed by atoms with Crippen molar-refractivity contribution in [1.82, 2.24) is 20.2 Å². The number of nitrogens with one attached hydrogen (secondary N) is 1. The molecule has 0 bridgehead atoms. The SMILES string of the molecule is CCc1c(C(=O)Nc2ccccc2F)nnn1-c1ccc2noc(-c3ccccc3)c2c1. The maximum atomic E-state index is 13.9. The van der Waals surface area contributed by atoms with E-state index in [1.807, 2.05) is 55.5 Å². The van der Waals surface area contributed by atoms with Gasteiger partial charge in [-0.2, -0.15) is 0 Å². The Balaban J connectivity index is 1.53. The molecule has 1 amide bonds. The summed E-state index contributed by atoms with van der Waals surface area (Å²) >= 11 is 0. The van der Waals surface area contributed by atoms with Gasteiger partial charge < -0.3 is 9.84 Å². The summed E-state index contributed by atoms with van der Waals surface area (Å²) in [7, 11) is 0. The van der Waals surface area contributed by atoms with E-state index >= 15 is 0 Å². The highest BCUT2D eigenvalue weighted by molar-refractivity contribution is 6.03. The van der Waals surface area contributed by atoms with Crippen molar-refractivity contribution >= 4 is 22.5 Å². The number of para-hydroxylation sites is 1. The number of carbonyl (C=O) groups excluding carboxylic acids is 1. The molecule has 0 fully saturated rings. The molecule has 0 unspecified atom stereocenters. The first kappa shape index (κ1) is 19.6. The Labute approximate surface area is 182 Å². The van der Waals surface area contributed by atoms with E-state index in [2.05, 4.69) is 20.8 Å². The molecule has 0 aliphatic heterocycles. The van der Waals surface area contributed by atoms with Gasteiger partial charge in [-0.05, 0) is 36.8 Å². The van der Waals surface area contributed by atoms with Gasteiger partial charge in [-0.25, -0.2) is 9.07 Å². The molecule has 1 N–H and O–H groups in total. The number of nitrogens with zero attached hydrogens (tertiary/aromatic N) is 4. The van der Waals surface area contributed by atoms with Crippen molar-refractivity contribution in [3.8, 4) is 17.0 Å². The standard InChI is InChI=1S/C24H18FN5O2/c1-2-21-22(24(31)26-20-11-7-6-10-18(20)25)27-29-30(21)16-12-13-19-17(14-16)23(32-28-19)15-8-4-3-5-9-15/h3-14H,2H2,1H3,(H,26,31). The van der Waals surface area contributed by atoms with E-state index in [9.17, 15) is 9.18 Å². The van der Waals surface area contributed by atoms with Crippen molar-refractivity contribution in [2.75, 3.05) is 5.32 Å². The van der Waals surface area contributed by atoms with E-state index < -0.39 is 11.7 Å². The second-order valence-electron chi connectivity index (χ2n) is 7.16. The van der Waals surface area contributed by atoms with Gasteiger partial charge in [0.2, 0.25) is 0 Å². The predicted octanol–water partition coefficient (Wildman–Crippen LogP) is 5.03. The summed E-state index contributed by atoms with van der Waals surface area (Å²) in [6.07, 6.45) is 0.500. The molecule has 0 radical (unpaired) electrons. The van der Waals surface area contributed by atoms with Crippen molar-refractivity contribution in [3.63, 3.8) is 0 Å². The van der Waals surface area contributed by atoms with Crippen LogP contribution in [0.1, 0.15) is 23.1 Å². The van der Waals surface area contributed by atoms with Gasteiger partial charge in [0.1, 0.15) is 11.3 Å². The van der Waals surface area contributed by atoms with Crippen LogP contribution < -0.4 is 5.32 Å². The van der Waals surface area contributed by atoms with E-state index in [1.165, 1.54) is 12.1 Å². The fourth-order valence-corrected chi connectivity index (χ4v) is 3.61. The number of amides is 1. The fraction of sp³-hybridized carbons (Fsp3) is 0.0833. The Kier molecular flexibility index (Phi) is 4.95. The molecule has 158 valence electrons. The number of benzene rings is 3. The first-order valence-corrected chi connectivity index (χ1v) is 10.1. The van der Waals surface area contributed by atoms with Gasteiger partial charge in [0.25, 0.3) is 5.91 Å². The van der Waals surface area contributed by atoms with E-state index in [0.717, 1.165) is 10.9 Å². The van der Waals surface area contributed by atoms with Crippen LogP contribution in [0.2, 0.25) is 0 Å². The first-order chi connectivity index (χ1) is 15.7. The Morgan fingerprint density at radius 1 is 1.06 bits per heavy atom. The summed E-state index contributed by atoms with van der Waals surface area (Å²) in [6, 6.07) is 21.3. The lowest BCUT2D eigenvalue weighted by Crippen LogP contribution is -2.16. The molecule has 5 aromatic rings. The van der Waals surface area contributed by atoms with Crippen LogP contribution in [0.4, 0.5) is 10.1 Å². The molecule has 0 atom stereocenters. The molecular formula is C24H18FN5O2. The number of halogens is 1. The third-order valence-corrected chi connectivity index (χ3v) is 5.18. The van der Waals surface area contributed by atoms with Gasteiger partial charge in [-0.3, -0.25) is 4.79 Å². The second-order valence-corrected chi connectivity index (χ2v) is 7.16. The van der Waals surface area contributed by atoms with Gasteiger partial charge >= 0.3 is 0 Å². The zero-order valence-corrected chi connectivity index (χ0v) is 17.1. The van der Waals surface area contributed by atoms with Gasteiger partial charge in [-0.15, -0.1) is 5.10 Å². The summed E-state index contributed by atoms with van der Waals surface area (Å²) in [5, 5.41) is 15.8. The minimum atomic E-state index is -0.519. The van der Waals surface area contributed by atoms with Crippen molar-refractivity contribution in [3.05, 3.63) is 90.0 Å². The summed E-state index contributed by atoms with van der Waals surface area (Å²) in [5.41, 5.74) is 3.18. The Bertz CT molecular complexity index is 1430. The van der Waals surface area contributed by atoms with E-state index in [-0.39, 0.29) is 11.4 Å². The molecule has 0 spiro atoms. The van der Waals surface area contributed by atoms with Crippen LogP contribution in [0, 0.1) is 5.82 Å². The topological polar surface area (TPSA) is 85.8 Å². The maximum absolute atomic E-state index is 13.9. The fourth-order valence-electron chi connectivity index (χ4n) is 3.61. The average Bonchev–Trinajstić information content (AvgIpc) is 3.45. The summed E-state index contributed by atoms with van der Waals surface area (Å²) < 4.78 is 21.1. The Morgan fingerprint density at radius 3 is 2.62 bits per heavy atom. The molecule has 2 heterocycles. The molecule has 3 aromatic carbocycles. The van der Waals surface area contributed by atoms with Gasteiger partial charge in [-0.1, -0.05) is 59.8 Å². The van der Waals surface area contributed by atoms with E-state index in [4.69, 9.17) is 4.52 Å². The second kappa shape index (κ2) is 8.07. The molecule has 0 aliphatic rings. The predicted molar refractivity (Wildman–Crippen MR) is 118 cm³/mol. The molecular weight excluding hydrogens is 409 g/mol. The number of carbonyl (C=O) groups is 1. The number of rotatable bonds is 5. The summed E-state index contributed by atoms with van der Waals surface area (Å²) in [6.45, 7) is 1.91. The van der Waals surface area contributed by atoms with E-state index in [1.54, 1.807) is 16.8 Å². The minimum Gasteiger partial charge on any atom is -0.355 e. The lowest BCUT2D eigenvalue weighted by atomic mass is 10.1. The summed E-state index contributed by atoms with van der Waals surface area (Å²) in [5.74, 6) is -0.384. The smallest absolute Gasteiger partial charge is 0.278 e. The quantitative estimate of drug-likeness (QED) is 0.425. The number of fused-ring (bicyclic) bond motifs is 1. The molecule has 8 heteroatoms. The Hall–Kier alpha value is -4.33. The average molecular weight is 427 g/mol. The van der Waals surface area contributed by atoms with Crippen LogP contribution in [0.3, 0.4) is 0 Å². The Morgan fingerprint density at radius 2 is 1.84 bits per heavy atom. The van der Waals surface area contributed by atoms with Gasteiger partial charge in [0, 0.05) is 5.56 Å². The van der Waals surface area contributed by atoms with Crippen LogP contribution in [-0.2, 0) is 6.42 Å². The van der Waals surface area contributed by atoms with Crippen molar-refractivity contribution in [1.29, 1.82) is 0 Å². The van der Waals surface area contributed by atoms with Crippen LogP contribution in [0.25, 0.3) is 27.9 Å². The molecule has 5 rings (SSSR count). The molecule has 7 nitrogen and oxygen atoms in total. The van der Waals surface area contributed by atoms with Gasteiger partial charge in [0.05, 0.1) is 22.5 Å². The van der Waals surface area contributed by atoms with E-state index in [0.29, 0.717) is 29.1 Å². The summed E-state index contributed by atoms with van der Waals surface area (Å²) in [4.78, 5) is 12.8. The zero-order chi connectivity index (χ0) is 22.1. The monoisotopic (exact) mass is 427 g/mol. The van der Waals surface area contributed by atoms with Crippen molar-refractivity contribution in [2.45, 2.75) is 13.3 Å². The van der Waals surface area contributed by atoms with Gasteiger partial charge in [0.15, 0.2) is 11.5 Å². The number of hydrogen-bond acceptors (Lipinski definition) is 5. The molecule has 0 saturated heterocycles. The highest BCUT2D eigenvalue weighted by Gasteiger charge is 2.21. The zero-order valence-electron chi connectivity index (χ0n) is 17.1. The number of anilines is 1. The molecule has 2 aromatic heterocycles. The number of hydrogen-bond donors (Lipinski definition) is 1. The largest absolute Gasteiger partial charge is 0.355 e. The third kappa shape index (κ3) is 3.41. The maximum Gasteiger partial charge on any atom is 0.278 e. The highest BCUT2D eigenvalue weighted by atomic mass is 19.1. The molecule has 0 aliphatic carbocycles. The van der Waals surface area contributed by atoms with Crippen LogP contribution >= 0.6 is 0 Å². The third-order valence-electron chi connectivity index (χ3n) is 5.18.